The molecule has 0 fully saturated rings. The van der Waals surface area contributed by atoms with E-state index in [0.29, 0.717) is 0 Å². The molecule has 3 N–H and O–H groups in total. The summed E-state index contributed by atoms with van der Waals surface area (Å²) in [6.45, 7) is 5.79. The van der Waals surface area contributed by atoms with Gasteiger partial charge in [0, 0.05) is 11.3 Å². The summed E-state index contributed by atoms with van der Waals surface area (Å²) in [5.74, 6) is 2.16. The molecule has 4 nitrogen and oxygen atoms in total. The summed E-state index contributed by atoms with van der Waals surface area (Å²) in [4.78, 5) is 17.1. The van der Waals surface area contributed by atoms with Crippen LogP contribution in [-0.4, -0.2) is 16.9 Å². The second-order valence-electron chi connectivity index (χ2n) is 3.93. The molecular formula is C12H17N3OS. The molecule has 1 rings (SSSR count). The topological polar surface area (TPSA) is 68.0 Å². The first kappa shape index (κ1) is 13.7. The van der Waals surface area contributed by atoms with Gasteiger partial charge >= 0.3 is 0 Å². The molecule has 0 aliphatic carbocycles. The highest BCUT2D eigenvalue weighted by atomic mass is 32.1. The van der Waals surface area contributed by atoms with E-state index >= 15 is 0 Å². The molecule has 1 aromatic heterocycles. The number of nitrogens with two attached hydrogens (primary N) is 1. The number of carbonyl (C=O) groups is 1. The van der Waals surface area contributed by atoms with Crippen molar-refractivity contribution in [3.63, 3.8) is 0 Å². The van der Waals surface area contributed by atoms with Crippen LogP contribution in [0.15, 0.2) is 0 Å². The Labute approximate surface area is 106 Å². The molecular weight excluding hydrogens is 234 g/mol. The highest BCUT2D eigenvalue weighted by molar-refractivity contribution is 7.11. The third kappa shape index (κ3) is 3.55. The van der Waals surface area contributed by atoms with E-state index < -0.39 is 6.04 Å². The van der Waals surface area contributed by atoms with Gasteiger partial charge in [-0.25, -0.2) is 4.98 Å². The Morgan fingerprint density at radius 1 is 1.65 bits per heavy atom. The molecule has 5 heteroatoms. The standard InChI is InChI=1S/C12H17N3OS/c1-5-6-10(13)12(16)15-8(3)11-7(2)14-9(4)17-11/h1,8,10H,6,13H2,2-4H3,(H,15,16). The van der Waals surface area contributed by atoms with Crippen molar-refractivity contribution < 1.29 is 4.79 Å². The fourth-order valence-corrected chi connectivity index (χ4v) is 2.48. The number of hydrogen-bond acceptors (Lipinski definition) is 4. The molecule has 1 amide bonds. The Morgan fingerprint density at radius 2 is 2.29 bits per heavy atom. The van der Waals surface area contributed by atoms with Crippen molar-refractivity contribution in [3.05, 3.63) is 15.6 Å². The molecule has 0 aliphatic heterocycles. The van der Waals surface area contributed by atoms with Gasteiger partial charge in [0.1, 0.15) is 0 Å². The fraction of sp³-hybridized carbons (Fsp3) is 0.500. The molecule has 0 spiro atoms. The number of aryl methyl sites for hydroxylation is 2. The van der Waals surface area contributed by atoms with Crippen LogP contribution in [0.1, 0.15) is 35.0 Å². The number of nitrogens with one attached hydrogen (secondary N) is 1. The highest BCUT2D eigenvalue weighted by Gasteiger charge is 2.18. The number of rotatable bonds is 4. The predicted molar refractivity (Wildman–Crippen MR) is 69.6 cm³/mol. The Bertz CT molecular complexity index is 447. The summed E-state index contributed by atoms with van der Waals surface area (Å²) >= 11 is 1.58. The zero-order valence-corrected chi connectivity index (χ0v) is 11.1. The summed E-state index contributed by atoms with van der Waals surface area (Å²) in [6.07, 6.45) is 5.37. The van der Waals surface area contributed by atoms with E-state index in [1.165, 1.54) is 0 Å². The molecule has 0 aliphatic rings. The van der Waals surface area contributed by atoms with Crippen LogP contribution >= 0.6 is 11.3 Å². The first-order chi connectivity index (χ1) is 7.95. The molecule has 0 radical (unpaired) electrons. The number of amides is 1. The van der Waals surface area contributed by atoms with Crippen molar-refractivity contribution in [3.8, 4) is 12.3 Å². The molecule has 1 aromatic rings. The summed E-state index contributed by atoms with van der Waals surface area (Å²) < 4.78 is 0. The molecule has 1 heterocycles. The van der Waals surface area contributed by atoms with Gasteiger partial charge in [0.15, 0.2) is 0 Å². The minimum absolute atomic E-state index is 0.0856. The van der Waals surface area contributed by atoms with Crippen molar-refractivity contribution >= 4 is 17.2 Å². The molecule has 0 saturated carbocycles. The maximum absolute atomic E-state index is 11.7. The van der Waals surface area contributed by atoms with Crippen LogP contribution in [0.5, 0.6) is 0 Å². The Balaban J connectivity index is 2.67. The van der Waals surface area contributed by atoms with E-state index in [1.807, 2.05) is 20.8 Å². The minimum Gasteiger partial charge on any atom is -0.347 e. The van der Waals surface area contributed by atoms with Crippen molar-refractivity contribution in [1.29, 1.82) is 0 Å². The number of terminal acetylenes is 1. The van der Waals surface area contributed by atoms with Gasteiger partial charge in [-0.2, -0.15) is 0 Å². The maximum Gasteiger partial charge on any atom is 0.238 e. The van der Waals surface area contributed by atoms with Crippen LogP contribution in [0, 0.1) is 26.2 Å². The van der Waals surface area contributed by atoms with Gasteiger partial charge < -0.3 is 11.1 Å². The summed E-state index contributed by atoms with van der Waals surface area (Å²) in [7, 11) is 0. The average Bonchev–Trinajstić information content (AvgIpc) is 2.58. The maximum atomic E-state index is 11.7. The summed E-state index contributed by atoms with van der Waals surface area (Å²) in [5.41, 5.74) is 6.58. The molecule has 0 saturated heterocycles. The first-order valence-corrected chi connectivity index (χ1v) is 6.20. The van der Waals surface area contributed by atoms with Gasteiger partial charge in [-0.15, -0.1) is 23.7 Å². The predicted octanol–water partition coefficient (Wildman–Crippen LogP) is 1.29. The number of carbonyl (C=O) groups excluding carboxylic acids is 1. The fourth-order valence-electron chi connectivity index (χ4n) is 1.55. The van der Waals surface area contributed by atoms with Crippen molar-refractivity contribution in [2.45, 2.75) is 39.3 Å². The molecule has 92 valence electrons. The zero-order valence-electron chi connectivity index (χ0n) is 10.3. The first-order valence-electron chi connectivity index (χ1n) is 5.39. The lowest BCUT2D eigenvalue weighted by molar-refractivity contribution is -0.122. The van der Waals surface area contributed by atoms with Crippen LogP contribution < -0.4 is 11.1 Å². The second kappa shape index (κ2) is 5.80. The SMILES string of the molecule is C#CCC(N)C(=O)NC(C)c1sc(C)nc1C. The third-order valence-corrected chi connectivity index (χ3v) is 3.62. The highest BCUT2D eigenvalue weighted by Crippen LogP contribution is 2.24. The molecule has 2 atom stereocenters. The van der Waals surface area contributed by atoms with Crippen LogP contribution in [0.4, 0.5) is 0 Å². The second-order valence-corrected chi connectivity index (χ2v) is 5.16. The van der Waals surface area contributed by atoms with Gasteiger partial charge in [-0.3, -0.25) is 4.79 Å². The zero-order chi connectivity index (χ0) is 13.0. The number of aromatic nitrogens is 1. The smallest absolute Gasteiger partial charge is 0.238 e. The van der Waals surface area contributed by atoms with E-state index in [1.54, 1.807) is 11.3 Å². The van der Waals surface area contributed by atoms with Crippen molar-refractivity contribution in [1.82, 2.24) is 10.3 Å². The van der Waals surface area contributed by atoms with Crippen LogP contribution in [0.25, 0.3) is 0 Å². The van der Waals surface area contributed by atoms with E-state index in [-0.39, 0.29) is 18.4 Å². The molecule has 17 heavy (non-hydrogen) atoms. The Hall–Kier alpha value is -1.38. The average molecular weight is 251 g/mol. The monoisotopic (exact) mass is 251 g/mol. The van der Waals surface area contributed by atoms with E-state index in [0.717, 1.165) is 15.6 Å². The van der Waals surface area contributed by atoms with Gasteiger partial charge in [0.25, 0.3) is 0 Å². The van der Waals surface area contributed by atoms with Crippen LogP contribution in [0.3, 0.4) is 0 Å². The van der Waals surface area contributed by atoms with Gasteiger partial charge in [0.05, 0.1) is 22.8 Å². The summed E-state index contributed by atoms with van der Waals surface area (Å²) in [5, 5.41) is 3.84. The minimum atomic E-state index is -0.642. The van der Waals surface area contributed by atoms with E-state index in [4.69, 9.17) is 12.2 Å². The summed E-state index contributed by atoms with van der Waals surface area (Å²) in [6, 6.07) is -0.728. The molecule has 0 aromatic carbocycles. The molecule has 0 bridgehead atoms. The number of thiazole rings is 1. The van der Waals surface area contributed by atoms with Gasteiger partial charge in [0.2, 0.25) is 5.91 Å². The largest absolute Gasteiger partial charge is 0.347 e. The van der Waals surface area contributed by atoms with Crippen LogP contribution in [-0.2, 0) is 4.79 Å². The quantitative estimate of drug-likeness (QED) is 0.792. The lowest BCUT2D eigenvalue weighted by Crippen LogP contribution is -2.41. The van der Waals surface area contributed by atoms with Crippen molar-refractivity contribution in [2.24, 2.45) is 5.73 Å². The Morgan fingerprint density at radius 3 is 2.76 bits per heavy atom. The number of hydrogen-bond donors (Lipinski definition) is 2. The van der Waals surface area contributed by atoms with Gasteiger partial charge in [-0.1, -0.05) is 0 Å². The number of nitrogens with zero attached hydrogens (tertiary/aromatic N) is 1. The molecule has 2 unspecified atom stereocenters. The van der Waals surface area contributed by atoms with E-state index in [2.05, 4.69) is 16.2 Å². The van der Waals surface area contributed by atoms with Gasteiger partial charge in [-0.05, 0) is 20.8 Å². The third-order valence-electron chi connectivity index (χ3n) is 2.37. The normalized spacial score (nSPS) is 13.8. The van der Waals surface area contributed by atoms with E-state index in [9.17, 15) is 4.79 Å². The lowest BCUT2D eigenvalue weighted by atomic mass is 10.2. The van der Waals surface area contributed by atoms with Crippen molar-refractivity contribution in [2.75, 3.05) is 0 Å². The van der Waals surface area contributed by atoms with Crippen LogP contribution in [0.2, 0.25) is 0 Å². The Kier molecular flexibility index (Phi) is 4.67. The lowest BCUT2D eigenvalue weighted by Gasteiger charge is -2.15.